The van der Waals surface area contributed by atoms with Crippen molar-refractivity contribution in [3.05, 3.63) is 83.8 Å². The number of anilines is 1. The first-order chi connectivity index (χ1) is 16.8. The number of benzene rings is 2. The number of nitrogens with one attached hydrogen (secondary N) is 1. The van der Waals surface area contributed by atoms with Gasteiger partial charge in [-0.1, -0.05) is 31.5 Å². The quantitative estimate of drug-likeness (QED) is 0.310. The Kier molecular flexibility index (Phi) is 8.80. The zero-order valence-electron chi connectivity index (χ0n) is 19.1. The molecule has 35 heavy (non-hydrogen) atoms. The molecule has 3 rings (SSSR count). The summed E-state index contributed by atoms with van der Waals surface area (Å²) >= 11 is 0. The molecule has 0 atom stereocenters. The minimum atomic E-state index is -3.71. The summed E-state index contributed by atoms with van der Waals surface area (Å²) < 4.78 is 40.4. The third-order valence-electron chi connectivity index (χ3n) is 4.85. The van der Waals surface area contributed by atoms with Crippen molar-refractivity contribution in [1.29, 1.82) is 0 Å². The maximum atomic E-state index is 12.6. The number of unbranched alkanes of at least 4 members (excludes halogenated alkanes) is 1. The molecule has 0 aliphatic rings. The Morgan fingerprint density at radius 1 is 0.914 bits per heavy atom. The highest BCUT2D eigenvalue weighted by atomic mass is 32.2. The zero-order chi connectivity index (χ0) is 25.3. The van der Waals surface area contributed by atoms with E-state index in [2.05, 4.69) is 5.32 Å². The summed E-state index contributed by atoms with van der Waals surface area (Å²) in [4.78, 5) is 36.6. The number of ether oxygens (including phenoxy) is 2. The van der Waals surface area contributed by atoms with Crippen molar-refractivity contribution in [2.75, 3.05) is 18.5 Å². The van der Waals surface area contributed by atoms with Crippen molar-refractivity contribution < 1.29 is 36.7 Å². The van der Waals surface area contributed by atoms with Crippen LogP contribution in [0.5, 0.6) is 0 Å². The molecule has 0 aliphatic carbocycles. The average Bonchev–Trinajstić information content (AvgIpc) is 3.31. The maximum Gasteiger partial charge on any atom is 0.375 e. The lowest BCUT2D eigenvalue weighted by Crippen LogP contribution is -2.21. The predicted molar refractivity (Wildman–Crippen MR) is 127 cm³/mol. The lowest BCUT2D eigenvalue weighted by Gasteiger charge is -2.08. The molecule has 0 unspecified atom stereocenters. The first-order valence-electron chi connectivity index (χ1n) is 10.9. The number of furan rings is 1. The Hall–Kier alpha value is -3.92. The van der Waals surface area contributed by atoms with E-state index in [0.717, 1.165) is 12.8 Å². The highest BCUT2D eigenvalue weighted by Crippen LogP contribution is 2.20. The monoisotopic (exact) mass is 499 g/mol. The van der Waals surface area contributed by atoms with Gasteiger partial charge >= 0.3 is 11.9 Å². The van der Waals surface area contributed by atoms with Crippen molar-refractivity contribution in [3.63, 3.8) is 0 Å². The highest BCUT2D eigenvalue weighted by Gasteiger charge is 2.24. The molecule has 0 radical (unpaired) electrons. The molecule has 2 aromatic carbocycles. The summed E-state index contributed by atoms with van der Waals surface area (Å²) in [5.41, 5.74) is 0.866. The van der Waals surface area contributed by atoms with Crippen LogP contribution < -0.4 is 5.32 Å². The molecule has 0 bridgehead atoms. The molecule has 9 nitrogen and oxygen atoms in total. The van der Waals surface area contributed by atoms with Crippen LogP contribution in [0.4, 0.5) is 5.69 Å². The number of amides is 1. The number of hydrogen-bond acceptors (Lipinski definition) is 8. The minimum Gasteiger partial charge on any atom is -0.462 e. The van der Waals surface area contributed by atoms with Crippen LogP contribution in [-0.4, -0.2) is 39.5 Å². The van der Waals surface area contributed by atoms with Crippen molar-refractivity contribution in [3.8, 4) is 0 Å². The lowest BCUT2D eigenvalue weighted by atomic mass is 10.2. The van der Waals surface area contributed by atoms with E-state index in [1.807, 2.05) is 6.92 Å². The van der Waals surface area contributed by atoms with Gasteiger partial charge in [0.2, 0.25) is 5.76 Å². The summed E-state index contributed by atoms with van der Waals surface area (Å²) in [5, 5.41) is 2.54. The predicted octanol–water partition coefficient (Wildman–Crippen LogP) is 4.01. The summed E-state index contributed by atoms with van der Waals surface area (Å²) in [6.45, 7) is 1.71. The molecule has 0 saturated carbocycles. The number of carbonyl (C=O) groups is 3. The molecule has 0 spiro atoms. The third-order valence-corrected chi connectivity index (χ3v) is 6.53. The van der Waals surface area contributed by atoms with E-state index in [4.69, 9.17) is 13.9 Å². The fraction of sp³-hybridized carbons (Fsp3) is 0.240. The Bertz CT molecular complexity index is 1260. The van der Waals surface area contributed by atoms with E-state index in [1.54, 1.807) is 18.2 Å². The van der Waals surface area contributed by atoms with Crippen LogP contribution in [0.25, 0.3) is 0 Å². The van der Waals surface area contributed by atoms with Gasteiger partial charge in [-0.15, -0.1) is 0 Å². The molecule has 1 amide bonds. The standard InChI is InChI=1S/C25H25NO8S/c1-2-3-14-33-24(28)18-9-11-20(12-10-18)26-22(27)16-34-25(29)23-19(13-15-32-23)17-35(30,31)21-7-5-4-6-8-21/h4-13,15H,2-3,14,16-17H2,1H3,(H,26,27). The minimum absolute atomic E-state index is 0.111. The second-order valence-corrected chi connectivity index (χ2v) is 9.53. The Morgan fingerprint density at radius 3 is 2.31 bits per heavy atom. The Labute approximate surface area is 203 Å². The number of sulfone groups is 1. The average molecular weight is 500 g/mol. The van der Waals surface area contributed by atoms with Gasteiger partial charge in [0.15, 0.2) is 16.4 Å². The molecular weight excluding hydrogens is 474 g/mol. The molecular formula is C25H25NO8S. The molecule has 0 aliphatic heterocycles. The first kappa shape index (κ1) is 25.7. The normalized spacial score (nSPS) is 11.0. The SMILES string of the molecule is CCCCOC(=O)c1ccc(NC(=O)COC(=O)c2occc2CS(=O)(=O)c2ccccc2)cc1. The molecule has 1 heterocycles. The Balaban J connectivity index is 1.53. The fourth-order valence-corrected chi connectivity index (χ4v) is 4.40. The van der Waals surface area contributed by atoms with Gasteiger partial charge in [-0.25, -0.2) is 18.0 Å². The van der Waals surface area contributed by atoms with E-state index >= 15 is 0 Å². The van der Waals surface area contributed by atoms with Gasteiger partial charge in [0, 0.05) is 11.3 Å². The number of hydrogen-bond donors (Lipinski definition) is 1. The van der Waals surface area contributed by atoms with Crippen LogP contribution in [0, 0.1) is 0 Å². The lowest BCUT2D eigenvalue weighted by molar-refractivity contribution is -0.119. The van der Waals surface area contributed by atoms with Crippen LogP contribution in [0.1, 0.15) is 46.2 Å². The van der Waals surface area contributed by atoms with E-state index in [0.29, 0.717) is 17.9 Å². The molecule has 184 valence electrons. The number of esters is 2. The van der Waals surface area contributed by atoms with Crippen molar-refractivity contribution in [1.82, 2.24) is 0 Å². The van der Waals surface area contributed by atoms with Crippen LogP contribution >= 0.6 is 0 Å². The van der Waals surface area contributed by atoms with Crippen molar-refractivity contribution in [2.45, 2.75) is 30.4 Å². The van der Waals surface area contributed by atoms with Crippen LogP contribution in [0.2, 0.25) is 0 Å². The molecule has 1 N–H and O–H groups in total. The van der Waals surface area contributed by atoms with Gasteiger partial charge in [-0.2, -0.15) is 0 Å². The summed E-state index contributed by atoms with van der Waals surface area (Å²) in [7, 11) is -3.71. The van der Waals surface area contributed by atoms with Gasteiger partial charge in [-0.3, -0.25) is 4.79 Å². The van der Waals surface area contributed by atoms with Gasteiger partial charge in [0.1, 0.15) is 0 Å². The second kappa shape index (κ2) is 12.0. The first-order valence-corrected chi connectivity index (χ1v) is 12.5. The fourth-order valence-electron chi connectivity index (χ4n) is 3.02. The van der Waals surface area contributed by atoms with E-state index in [-0.39, 0.29) is 16.2 Å². The van der Waals surface area contributed by atoms with E-state index < -0.39 is 40.0 Å². The van der Waals surface area contributed by atoms with Crippen LogP contribution in [-0.2, 0) is 29.9 Å². The van der Waals surface area contributed by atoms with Gasteiger partial charge < -0.3 is 19.2 Å². The van der Waals surface area contributed by atoms with Crippen molar-refractivity contribution in [2.24, 2.45) is 0 Å². The summed E-state index contributed by atoms with van der Waals surface area (Å²) in [5.74, 6) is -2.79. The summed E-state index contributed by atoms with van der Waals surface area (Å²) in [6, 6.07) is 15.2. The highest BCUT2D eigenvalue weighted by molar-refractivity contribution is 7.90. The molecule has 0 saturated heterocycles. The Morgan fingerprint density at radius 2 is 1.63 bits per heavy atom. The van der Waals surface area contributed by atoms with E-state index in [9.17, 15) is 22.8 Å². The van der Waals surface area contributed by atoms with Crippen LogP contribution in [0.15, 0.2) is 76.2 Å². The smallest absolute Gasteiger partial charge is 0.375 e. The van der Waals surface area contributed by atoms with Crippen LogP contribution in [0.3, 0.4) is 0 Å². The number of rotatable bonds is 11. The zero-order valence-corrected chi connectivity index (χ0v) is 19.9. The van der Waals surface area contributed by atoms with Gasteiger partial charge in [-0.05, 0) is 48.9 Å². The molecule has 0 fully saturated rings. The topological polar surface area (TPSA) is 129 Å². The second-order valence-electron chi connectivity index (χ2n) is 7.54. The number of carbonyl (C=O) groups excluding carboxylic acids is 3. The molecule has 3 aromatic rings. The summed E-state index contributed by atoms with van der Waals surface area (Å²) in [6.07, 6.45) is 2.87. The van der Waals surface area contributed by atoms with Gasteiger partial charge in [0.05, 0.1) is 29.1 Å². The molecule has 1 aromatic heterocycles. The van der Waals surface area contributed by atoms with Gasteiger partial charge in [0.25, 0.3) is 5.91 Å². The maximum absolute atomic E-state index is 12.6. The molecule has 10 heteroatoms. The van der Waals surface area contributed by atoms with Crippen molar-refractivity contribution >= 4 is 33.4 Å². The van der Waals surface area contributed by atoms with E-state index in [1.165, 1.54) is 48.7 Å². The largest absolute Gasteiger partial charge is 0.462 e. The third kappa shape index (κ3) is 7.28.